The van der Waals surface area contributed by atoms with Gasteiger partial charge in [0.15, 0.2) is 0 Å². The number of aromatic hydroxyl groups is 1. The van der Waals surface area contributed by atoms with Gasteiger partial charge in [-0.1, -0.05) is 49.4 Å². The Kier molecular flexibility index (Phi) is 3.34. The van der Waals surface area contributed by atoms with Gasteiger partial charge in [-0.25, -0.2) is 9.38 Å². The van der Waals surface area contributed by atoms with Gasteiger partial charge in [-0.2, -0.15) is 0 Å². The van der Waals surface area contributed by atoms with Gasteiger partial charge in [-0.05, 0) is 24.1 Å². The van der Waals surface area contributed by atoms with E-state index >= 15 is 0 Å². The molecule has 0 atom stereocenters. The lowest BCUT2D eigenvalue weighted by Gasteiger charge is -2.14. The van der Waals surface area contributed by atoms with Crippen LogP contribution in [-0.2, 0) is 13.0 Å². The van der Waals surface area contributed by atoms with Gasteiger partial charge in [0.1, 0.15) is 0 Å². The van der Waals surface area contributed by atoms with E-state index in [2.05, 4.69) is 4.98 Å². The molecule has 2 aromatic carbocycles. The Hall–Kier alpha value is -3.08. The average Bonchev–Trinajstić information content (AvgIpc) is 2.99. The highest BCUT2D eigenvalue weighted by molar-refractivity contribution is 5.79. The molecule has 0 amide bonds. The Morgan fingerprint density at radius 2 is 1.75 bits per heavy atom. The minimum Gasteiger partial charge on any atom is -0.494 e. The molecule has 0 spiro atoms. The molecule has 5 heteroatoms. The van der Waals surface area contributed by atoms with Crippen LogP contribution in [0.2, 0.25) is 0 Å². The van der Waals surface area contributed by atoms with Crippen molar-refractivity contribution in [2.75, 3.05) is 0 Å². The van der Waals surface area contributed by atoms with Crippen LogP contribution < -0.4 is 5.56 Å². The van der Waals surface area contributed by atoms with Crippen molar-refractivity contribution in [3.05, 3.63) is 76.1 Å². The number of benzene rings is 2. The molecule has 0 aliphatic carbocycles. The highest BCUT2D eigenvalue weighted by Crippen LogP contribution is 2.23. The molecule has 120 valence electrons. The van der Waals surface area contributed by atoms with E-state index in [-0.39, 0.29) is 11.4 Å². The number of aromatic nitrogens is 3. The third-order valence-electron chi connectivity index (χ3n) is 4.31. The first-order valence-corrected chi connectivity index (χ1v) is 7.96. The van der Waals surface area contributed by atoms with Crippen LogP contribution in [0.4, 0.5) is 0 Å². The molecule has 2 heterocycles. The van der Waals surface area contributed by atoms with Crippen molar-refractivity contribution >= 4 is 16.8 Å². The Labute approximate surface area is 138 Å². The molecule has 4 aromatic rings. The van der Waals surface area contributed by atoms with Crippen molar-refractivity contribution < 1.29 is 5.11 Å². The zero-order chi connectivity index (χ0) is 16.7. The number of fused-ring (bicyclic) bond motifs is 3. The van der Waals surface area contributed by atoms with Crippen LogP contribution in [0.5, 0.6) is 5.88 Å². The summed E-state index contributed by atoms with van der Waals surface area (Å²) in [6, 6.07) is 17.4. The van der Waals surface area contributed by atoms with E-state index in [0.29, 0.717) is 24.3 Å². The molecule has 1 N–H and O–H groups in total. The first-order chi connectivity index (χ1) is 11.7. The number of hydrogen-bond donors (Lipinski definition) is 1. The zero-order valence-corrected chi connectivity index (χ0v) is 13.3. The highest BCUT2D eigenvalue weighted by Gasteiger charge is 2.19. The molecule has 0 unspecified atom stereocenters. The summed E-state index contributed by atoms with van der Waals surface area (Å²) in [5.41, 5.74) is 2.73. The molecule has 0 radical (unpaired) electrons. The molecule has 2 aromatic heterocycles. The fourth-order valence-corrected chi connectivity index (χ4v) is 3.10. The molecule has 4 rings (SSSR count). The van der Waals surface area contributed by atoms with E-state index in [1.54, 1.807) is 8.97 Å². The summed E-state index contributed by atoms with van der Waals surface area (Å²) in [5.74, 6) is 0.453. The van der Waals surface area contributed by atoms with E-state index in [9.17, 15) is 9.90 Å². The number of para-hydroxylation sites is 2. The minimum atomic E-state index is -0.206. The predicted molar refractivity (Wildman–Crippen MR) is 93.5 cm³/mol. The summed E-state index contributed by atoms with van der Waals surface area (Å²) in [7, 11) is 0. The summed E-state index contributed by atoms with van der Waals surface area (Å²) >= 11 is 0. The van der Waals surface area contributed by atoms with E-state index in [4.69, 9.17) is 0 Å². The fourth-order valence-electron chi connectivity index (χ4n) is 3.10. The van der Waals surface area contributed by atoms with Gasteiger partial charge >= 0.3 is 0 Å². The Morgan fingerprint density at radius 3 is 2.50 bits per heavy atom. The second kappa shape index (κ2) is 5.53. The number of rotatable bonds is 3. The maximum absolute atomic E-state index is 12.8. The topological polar surface area (TPSA) is 59.5 Å². The zero-order valence-electron chi connectivity index (χ0n) is 13.3. The Balaban J connectivity index is 2.09. The maximum Gasteiger partial charge on any atom is 0.266 e. The van der Waals surface area contributed by atoms with Gasteiger partial charge in [0.25, 0.3) is 5.56 Å². The molecule has 0 saturated heterocycles. The molecular formula is C19H17N3O2. The summed E-state index contributed by atoms with van der Waals surface area (Å²) in [5, 5.41) is 10.7. The molecule has 0 aliphatic heterocycles. The van der Waals surface area contributed by atoms with Crippen molar-refractivity contribution in [2.45, 2.75) is 19.9 Å². The van der Waals surface area contributed by atoms with Gasteiger partial charge in [-0.3, -0.25) is 9.36 Å². The van der Waals surface area contributed by atoms with Gasteiger partial charge in [-0.15, -0.1) is 0 Å². The SMILES string of the molecule is CCc1c(O)n(Cc2ccccc2)c2nc3ccccc3n2c1=O. The van der Waals surface area contributed by atoms with E-state index < -0.39 is 0 Å². The van der Waals surface area contributed by atoms with Gasteiger partial charge in [0.05, 0.1) is 23.1 Å². The predicted octanol–water partition coefficient (Wildman–Crippen LogP) is 2.97. The van der Waals surface area contributed by atoms with Crippen molar-refractivity contribution in [2.24, 2.45) is 0 Å². The number of imidazole rings is 1. The summed E-state index contributed by atoms with van der Waals surface area (Å²) < 4.78 is 3.30. The minimum absolute atomic E-state index is 0.00541. The normalized spacial score (nSPS) is 11.4. The first-order valence-electron chi connectivity index (χ1n) is 7.96. The second-order valence-corrected chi connectivity index (χ2v) is 5.77. The van der Waals surface area contributed by atoms with Crippen LogP contribution in [0.15, 0.2) is 59.4 Å². The molecule has 0 bridgehead atoms. The summed E-state index contributed by atoms with van der Waals surface area (Å²) in [4.78, 5) is 17.4. The van der Waals surface area contributed by atoms with E-state index in [1.165, 1.54) is 0 Å². The van der Waals surface area contributed by atoms with Crippen molar-refractivity contribution in [3.8, 4) is 5.88 Å². The Bertz CT molecular complexity index is 1090. The van der Waals surface area contributed by atoms with Crippen LogP contribution in [0.3, 0.4) is 0 Å². The smallest absolute Gasteiger partial charge is 0.266 e. The highest BCUT2D eigenvalue weighted by atomic mass is 16.3. The standard InChI is InChI=1S/C19H17N3O2/c1-2-14-17(23)21(12-13-8-4-3-5-9-13)19-20-15-10-6-7-11-16(15)22(19)18(14)24/h3-11,23H,2,12H2,1H3. The first kappa shape index (κ1) is 14.5. The number of hydrogen-bond acceptors (Lipinski definition) is 3. The summed E-state index contributed by atoms with van der Waals surface area (Å²) in [6.07, 6.45) is 0.460. The molecule has 0 aliphatic rings. The van der Waals surface area contributed by atoms with Crippen molar-refractivity contribution in [3.63, 3.8) is 0 Å². The lowest BCUT2D eigenvalue weighted by atomic mass is 10.2. The summed E-state index contributed by atoms with van der Waals surface area (Å²) in [6.45, 7) is 2.32. The maximum atomic E-state index is 12.8. The third-order valence-corrected chi connectivity index (χ3v) is 4.31. The van der Waals surface area contributed by atoms with Crippen LogP contribution in [0, 0.1) is 0 Å². The van der Waals surface area contributed by atoms with E-state index in [0.717, 1.165) is 16.6 Å². The lowest BCUT2D eigenvalue weighted by Crippen LogP contribution is -2.22. The molecule has 24 heavy (non-hydrogen) atoms. The van der Waals surface area contributed by atoms with Gasteiger partial charge in [0, 0.05) is 0 Å². The van der Waals surface area contributed by atoms with E-state index in [1.807, 2.05) is 61.5 Å². The third kappa shape index (κ3) is 2.09. The monoisotopic (exact) mass is 319 g/mol. The van der Waals surface area contributed by atoms with Crippen LogP contribution in [-0.4, -0.2) is 19.1 Å². The fraction of sp³-hybridized carbons (Fsp3) is 0.158. The quantitative estimate of drug-likeness (QED) is 0.631. The molecular weight excluding hydrogens is 302 g/mol. The van der Waals surface area contributed by atoms with Crippen LogP contribution >= 0.6 is 0 Å². The van der Waals surface area contributed by atoms with Crippen LogP contribution in [0.25, 0.3) is 16.8 Å². The molecule has 5 nitrogen and oxygen atoms in total. The average molecular weight is 319 g/mol. The van der Waals surface area contributed by atoms with Crippen LogP contribution in [0.1, 0.15) is 18.1 Å². The largest absolute Gasteiger partial charge is 0.494 e. The van der Waals surface area contributed by atoms with Gasteiger partial charge < -0.3 is 5.11 Å². The lowest BCUT2D eigenvalue weighted by molar-refractivity contribution is 0.412. The molecule has 0 saturated carbocycles. The Morgan fingerprint density at radius 1 is 1.04 bits per heavy atom. The van der Waals surface area contributed by atoms with Crippen molar-refractivity contribution in [1.29, 1.82) is 0 Å². The molecule has 0 fully saturated rings. The van der Waals surface area contributed by atoms with Gasteiger partial charge in [0.2, 0.25) is 11.7 Å². The number of nitrogens with zero attached hydrogens (tertiary/aromatic N) is 3. The van der Waals surface area contributed by atoms with Crippen molar-refractivity contribution in [1.82, 2.24) is 14.0 Å². The second-order valence-electron chi connectivity index (χ2n) is 5.77.